The second kappa shape index (κ2) is 6.40. The fourth-order valence-corrected chi connectivity index (χ4v) is 3.27. The normalized spacial score (nSPS) is 11.0. The van der Waals surface area contributed by atoms with Crippen molar-refractivity contribution in [3.63, 3.8) is 0 Å². The maximum atomic E-state index is 13.7. The molecule has 0 unspecified atom stereocenters. The number of hydrogen-bond donors (Lipinski definition) is 1. The minimum atomic E-state index is -0.595. The molecule has 0 aliphatic rings. The van der Waals surface area contributed by atoms with Crippen LogP contribution >= 0.6 is 11.3 Å². The fourth-order valence-electron chi connectivity index (χ4n) is 2.38. The maximum absolute atomic E-state index is 13.7. The molecule has 0 aliphatic carbocycles. The number of fused-ring (bicyclic) bond motifs is 1. The van der Waals surface area contributed by atoms with Crippen molar-refractivity contribution < 1.29 is 8.78 Å². The van der Waals surface area contributed by atoms with Gasteiger partial charge in [0.05, 0.1) is 16.8 Å². The first-order chi connectivity index (χ1) is 10.7. The molecule has 0 saturated heterocycles. The van der Waals surface area contributed by atoms with Gasteiger partial charge in [-0.25, -0.2) is 13.8 Å². The number of aromatic nitrogens is 1. The van der Waals surface area contributed by atoms with E-state index in [1.54, 1.807) is 0 Å². The van der Waals surface area contributed by atoms with Gasteiger partial charge in [-0.05, 0) is 24.1 Å². The highest BCUT2D eigenvalue weighted by atomic mass is 32.1. The molecule has 3 aromatic rings. The molecule has 0 radical (unpaired) electrons. The topological polar surface area (TPSA) is 24.9 Å². The summed E-state index contributed by atoms with van der Waals surface area (Å²) in [5, 5.41) is 4.02. The Morgan fingerprint density at radius 1 is 1.18 bits per heavy atom. The van der Waals surface area contributed by atoms with Crippen LogP contribution in [0.3, 0.4) is 0 Å². The third-order valence-electron chi connectivity index (χ3n) is 3.36. The number of nitrogens with one attached hydrogen (secondary N) is 1. The number of anilines is 1. The summed E-state index contributed by atoms with van der Waals surface area (Å²) in [5.41, 5.74) is 2.67. The first kappa shape index (κ1) is 14.9. The number of thiazole rings is 1. The number of rotatable bonds is 5. The summed E-state index contributed by atoms with van der Waals surface area (Å²) >= 11 is 1.25. The summed E-state index contributed by atoms with van der Waals surface area (Å²) in [6, 6.07) is 10.4. The molecule has 2 aromatic carbocycles. The molecule has 0 spiro atoms. The summed E-state index contributed by atoms with van der Waals surface area (Å²) in [5.74, 6) is -1.15. The second-order valence-corrected chi connectivity index (χ2v) is 6.23. The third kappa shape index (κ3) is 3.25. The van der Waals surface area contributed by atoms with E-state index in [4.69, 9.17) is 0 Å². The number of hydrogen-bond acceptors (Lipinski definition) is 3. The van der Waals surface area contributed by atoms with Crippen LogP contribution in [0.5, 0.6) is 0 Å². The standard InChI is InChI=1S/C17H16F2N2S/c1-2-4-11-5-3-6-13(7-11)20-10-16-21-15-9-12(18)8-14(19)17(15)22-16/h3,5-9,20H,2,4,10H2,1H3. The Balaban J connectivity index is 1.76. The van der Waals surface area contributed by atoms with Gasteiger partial charge in [0.1, 0.15) is 16.6 Å². The molecular formula is C17H16F2N2S. The highest BCUT2D eigenvalue weighted by Gasteiger charge is 2.10. The SMILES string of the molecule is CCCc1cccc(NCc2nc3cc(F)cc(F)c3s2)c1. The van der Waals surface area contributed by atoms with Crippen molar-refractivity contribution in [1.29, 1.82) is 0 Å². The van der Waals surface area contributed by atoms with E-state index in [1.807, 2.05) is 12.1 Å². The lowest BCUT2D eigenvalue weighted by atomic mass is 10.1. The molecule has 3 rings (SSSR count). The molecule has 0 amide bonds. The van der Waals surface area contributed by atoms with Crippen molar-refractivity contribution in [3.05, 3.63) is 58.6 Å². The number of nitrogens with zero attached hydrogens (tertiary/aromatic N) is 1. The van der Waals surface area contributed by atoms with Crippen molar-refractivity contribution in [3.8, 4) is 0 Å². The van der Waals surface area contributed by atoms with Gasteiger partial charge in [-0.15, -0.1) is 11.3 Å². The largest absolute Gasteiger partial charge is 0.379 e. The first-order valence-electron chi connectivity index (χ1n) is 7.23. The molecule has 1 heterocycles. The maximum Gasteiger partial charge on any atom is 0.145 e. The molecule has 0 saturated carbocycles. The molecule has 1 N–H and O–H groups in total. The van der Waals surface area contributed by atoms with Gasteiger partial charge in [-0.1, -0.05) is 25.5 Å². The quantitative estimate of drug-likeness (QED) is 0.704. The summed E-state index contributed by atoms with van der Waals surface area (Å²) in [6.45, 7) is 2.64. The molecule has 1 aromatic heterocycles. The molecule has 0 bridgehead atoms. The lowest BCUT2D eigenvalue weighted by Crippen LogP contribution is -1.99. The zero-order valence-electron chi connectivity index (χ0n) is 12.2. The Kier molecular flexibility index (Phi) is 4.34. The van der Waals surface area contributed by atoms with Gasteiger partial charge in [0, 0.05) is 17.8 Å². The summed E-state index contributed by atoms with van der Waals surface area (Å²) in [4.78, 5) is 4.28. The molecule has 2 nitrogen and oxygen atoms in total. The minimum absolute atomic E-state index is 0.374. The minimum Gasteiger partial charge on any atom is -0.379 e. The van der Waals surface area contributed by atoms with Crippen molar-refractivity contribution in [2.24, 2.45) is 0 Å². The van der Waals surface area contributed by atoms with Gasteiger partial charge in [0.25, 0.3) is 0 Å². The van der Waals surface area contributed by atoms with Gasteiger partial charge in [0.15, 0.2) is 0 Å². The van der Waals surface area contributed by atoms with Crippen LogP contribution in [-0.4, -0.2) is 4.98 Å². The zero-order chi connectivity index (χ0) is 15.5. The molecular weight excluding hydrogens is 302 g/mol. The van der Waals surface area contributed by atoms with Crippen molar-refractivity contribution in [2.45, 2.75) is 26.3 Å². The smallest absolute Gasteiger partial charge is 0.145 e. The van der Waals surface area contributed by atoms with E-state index < -0.39 is 11.6 Å². The number of aryl methyl sites for hydroxylation is 1. The molecule has 22 heavy (non-hydrogen) atoms. The number of benzene rings is 2. The van der Waals surface area contributed by atoms with Gasteiger partial charge in [-0.2, -0.15) is 0 Å². The second-order valence-electron chi connectivity index (χ2n) is 5.15. The van der Waals surface area contributed by atoms with E-state index in [1.165, 1.54) is 23.0 Å². The van der Waals surface area contributed by atoms with Gasteiger partial charge >= 0.3 is 0 Å². The van der Waals surface area contributed by atoms with Crippen LogP contribution in [0.25, 0.3) is 10.2 Å². The lowest BCUT2D eigenvalue weighted by Gasteiger charge is -2.06. The number of halogens is 2. The molecule has 114 valence electrons. The predicted molar refractivity (Wildman–Crippen MR) is 87.3 cm³/mol. The van der Waals surface area contributed by atoms with E-state index >= 15 is 0 Å². The van der Waals surface area contributed by atoms with Gasteiger partial charge in [-0.3, -0.25) is 0 Å². The fraction of sp³-hybridized carbons (Fsp3) is 0.235. The Morgan fingerprint density at radius 2 is 2.05 bits per heavy atom. The highest BCUT2D eigenvalue weighted by molar-refractivity contribution is 7.18. The average molecular weight is 318 g/mol. The van der Waals surface area contributed by atoms with Crippen LogP contribution in [0.1, 0.15) is 23.9 Å². The van der Waals surface area contributed by atoms with E-state index in [0.29, 0.717) is 16.8 Å². The highest BCUT2D eigenvalue weighted by Crippen LogP contribution is 2.26. The van der Waals surface area contributed by atoms with Gasteiger partial charge in [0.2, 0.25) is 0 Å². The average Bonchev–Trinajstić information content (AvgIpc) is 2.89. The zero-order valence-corrected chi connectivity index (χ0v) is 13.0. The summed E-state index contributed by atoms with van der Waals surface area (Å²) < 4.78 is 27.3. The molecule has 5 heteroatoms. The molecule has 0 fully saturated rings. The van der Waals surface area contributed by atoms with E-state index in [0.717, 1.165) is 29.6 Å². The van der Waals surface area contributed by atoms with Crippen LogP contribution in [-0.2, 0) is 13.0 Å². The lowest BCUT2D eigenvalue weighted by molar-refractivity contribution is 0.593. The molecule has 0 atom stereocenters. The van der Waals surface area contributed by atoms with Crippen molar-refractivity contribution in [2.75, 3.05) is 5.32 Å². The van der Waals surface area contributed by atoms with Crippen LogP contribution in [0.15, 0.2) is 36.4 Å². The van der Waals surface area contributed by atoms with Crippen LogP contribution in [0, 0.1) is 11.6 Å². The van der Waals surface area contributed by atoms with Crippen LogP contribution in [0.2, 0.25) is 0 Å². The Labute approximate surface area is 131 Å². The first-order valence-corrected chi connectivity index (χ1v) is 8.04. The van der Waals surface area contributed by atoms with Crippen molar-refractivity contribution >= 4 is 27.2 Å². The van der Waals surface area contributed by atoms with Gasteiger partial charge < -0.3 is 5.32 Å². The monoisotopic (exact) mass is 318 g/mol. The summed E-state index contributed by atoms with van der Waals surface area (Å²) in [7, 11) is 0. The van der Waals surface area contributed by atoms with E-state index in [2.05, 4.69) is 29.4 Å². The molecule has 0 aliphatic heterocycles. The Morgan fingerprint density at radius 3 is 2.86 bits per heavy atom. The predicted octanol–water partition coefficient (Wildman–Crippen LogP) is 5.14. The summed E-state index contributed by atoms with van der Waals surface area (Å²) in [6.07, 6.45) is 2.15. The Bertz CT molecular complexity index is 798. The van der Waals surface area contributed by atoms with Crippen LogP contribution in [0.4, 0.5) is 14.5 Å². The Hall–Kier alpha value is -2.01. The van der Waals surface area contributed by atoms with E-state index in [9.17, 15) is 8.78 Å². The van der Waals surface area contributed by atoms with Crippen LogP contribution < -0.4 is 5.32 Å². The van der Waals surface area contributed by atoms with E-state index in [-0.39, 0.29) is 0 Å². The van der Waals surface area contributed by atoms with Crippen molar-refractivity contribution in [1.82, 2.24) is 4.98 Å². The third-order valence-corrected chi connectivity index (χ3v) is 4.44.